The molecular formula is C19H12Cl2F6N2O2. The zero-order chi connectivity index (χ0) is 23.0. The van der Waals surface area contributed by atoms with Crippen molar-refractivity contribution in [3.63, 3.8) is 0 Å². The molecular weight excluding hydrogens is 473 g/mol. The van der Waals surface area contributed by atoms with Crippen LogP contribution in [0.4, 0.5) is 26.3 Å². The fourth-order valence-electron chi connectivity index (χ4n) is 2.94. The second-order valence-electron chi connectivity index (χ2n) is 6.66. The number of nitrogens with zero attached hydrogens (tertiary/aromatic N) is 1. The second-order valence-corrected chi connectivity index (χ2v) is 7.54. The average Bonchev–Trinajstić information content (AvgIpc) is 3.12. The Hall–Kier alpha value is -2.46. The number of nitrogens with one attached hydrogen (secondary N) is 1. The Kier molecular flexibility index (Phi) is 6.16. The number of amides is 1. The number of hydrogen-bond donors (Lipinski definition) is 1. The molecule has 1 unspecified atom stereocenters. The molecule has 4 nitrogen and oxygen atoms in total. The summed E-state index contributed by atoms with van der Waals surface area (Å²) in [5.41, 5.74) is -3.13. The fourth-order valence-corrected chi connectivity index (χ4v) is 3.47. The summed E-state index contributed by atoms with van der Waals surface area (Å²) in [6.45, 7) is -1.51. The Morgan fingerprint density at radius 1 is 1.03 bits per heavy atom. The number of carbonyl (C=O) groups excluding carboxylic acids is 1. The highest BCUT2D eigenvalue weighted by atomic mass is 35.5. The standard InChI is InChI=1S/C19H12Cl2F6N2O2/c20-13-5-12(6-14(21)7-13)17(19(25,26)27)8-15(29-31-17)10-1-3-11(4-2-10)16(30)28-9-18(22,23)24/h1-7H,8-9H2,(H,28,30). The lowest BCUT2D eigenvalue weighted by Gasteiger charge is -2.29. The highest BCUT2D eigenvalue weighted by Crippen LogP contribution is 2.49. The molecule has 0 radical (unpaired) electrons. The maximum Gasteiger partial charge on any atom is 0.435 e. The molecule has 0 aromatic heterocycles. The van der Waals surface area contributed by atoms with Crippen molar-refractivity contribution in [2.24, 2.45) is 5.16 Å². The molecule has 1 amide bonds. The minimum Gasteiger partial charge on any atom is -0.374 e. The summed E-state index contributed by atoms with van der Waals surface area (Å²) in [4.78, 5) is 16.6. The Morgan fingerprint density at radius 2 is 1.61 bits per heavy atom. The number of hydrogen-bond acceptors (Lipinski definition) is 3. The molecule has 0 aliphatic carbocycles. The summed E-state index contributed by atoms with van der Waals surface area (Å²) in [5.74, 6) is -0.980. The third kappa shape index (κ3) is 5.07. The van der Waals surface area contributed by atoms with Crippen molar-refractivity contribution in [1.29, 1.82) is 0 Å². The van der Waals surface area contributed by atoms with Gasteiger partial charge in [0.2, 0.25) is 0 Å². The van der Waals surface area contributed by atoms with Gasteiger partial charge in [0.25, 0.3) is 11.5 Å². The first-order chi connectivity index (χ1) is 14.3. The highest BCUT2D eigenvalue weighted by molar-refractivity contribution is 6.34. The maximum atomic E-state index is 14.0. The molecule has 2 aromatic rings. The van der Waals surface area contributed by atoms with Gasteiger partial charge in [0, 0.05) is 27.6 Å². The summed E-state index contributed by atoms with van der Waals surface area (Å²) < 4.78 is 78.5. The van der Waals surface area contributed by atoms with Gasteiger partial charge >= 0.3 is 12.4 Å². The van der Waals surface area contributed by atoms with E-state index >= 15 is 0 Å². The zero-order valence-corrected chi connectivity index (χ0v) is 16.8. The topological polar surface area (TPSA) is 50.7 Å². The number of alkyl halides is 6. The van der Waals surface area contributed by atoms with Crippen LogP contribution in [0.1, 0.15) is 27.9 Å². The maximum absolute atomic E-state index is 14.0. The van der Waals surface area contributed by atoms with E-state index < -0.39 is 36.8 Å². The average molecular weight is 485 g/mol. The lowest BCUT2D eigenvalue weighted by molar-refractivity contribution is -0.275. The summed E-state index contributed by atoms with van der Waals surface area (Å²) in [6, 6.07) is 8.31. The Labute approximate surface area is 181 Å². The molecule has 3 rings (SSSR count). The van der Waals surface area contributed by atoms with Crippen LogP contribution in [0.3, 0.4) is 0 Å². The van der Waals surface area contributed by atoms with Crippen LogP contribution in [-0.4, -0.2) is 30.5 Å². The van der Waals surface area contributed by atoms with E-state index in [1.54, 1.807) is 5.32 Å². The highest BCUT2D eigenvalue weighted by Gasteiger charge is 2.62. The Bertz CT molecular complexity index is 1000. The molecule has 31 heavy (non-hydrogen) atoms. The summed E-state index contributed by atoms with van der Waals surface area (Å²) >= 11 is 11.7. The first kappa shape index (κ1) is 23.2. The zero-order valence-electron chi connectivity index (χ0n) is 15.2. The van der Waals surface area contributed by atoms with Gasteiger partial charge in [-0.2, -0.15) is 26.3 Å². The van der Waals surface area contributed by atoms with E-state index in [9.17, 15) is 31.1 Å². The van der Waals surface area contributed by atoms with Crippen LogP contribution in [0.15, 0.2) is 47.6 Å². The van der Waals surface area contributed by atoms with Gasteiger partial charge in [-0.1, -0.05) is 40.5 Å². The van der Waals surface area contributed by atoms with E-state index in [0.717, 1.165) is 12.1 Å². The number of oxime groups is 1. The normalized spacial score (nSPS) is 19.0. The van der Waals surface area contributed by atoms with E-state index in [0.29, 0.717) is 0 Å². The molecule has 0 fully saturated rings. The molecule has 1 N–H and O–H groups in total. The lowest BCUT2D eigenvalue weighted by Crippen LogP contribution is -2.42. The summed E-state index contributed by atoms with van der Waals surface area (Å²) in [7, 11) is 0. The van der Waals surface area contributed by atoms with Crippen LogP contribution in [0.25, 0.3) is 0 Å². The molecule has 0 bridgehead atoms. The SMILES string of the molecule is O=C(NCC(F)(F)F)c1ccc(C2=NOC(c3cc(Cl)cc(Cl)c3)(C(F)(F)F)C2)cc1. The van der Waals surface area contributed by atoms with Gasteiger partial charge in [-0.3, -0.25) is 4.79 Å². The molecule has 1 aliphatic heterocycles. The lowest BCUT2D eigenvalue weighted by atomic mass is 9.86. The Morgan fingerprint density at radius 3 is 2.13 bits per heavy atom. The van der Waals surface area contributed by atoms with E-state index in [2.05, 4.69) is 5.16 Å². The number of halogens is 8. The van der Waals surface area contributed by atoms with Crippen molar-refractivity contribution in [3.8, 4) is 0 Å². The van der Waals surface area contributed by atoms with Gasteiger partial charge in [0.05, 0.1) is 5.71 Å². The number of benzene rings is 2. The predicted molar refractivity (Wildman–Crippen MR) is 101 cm³/mol. The van der Waals surface area contributed by atoms with Gasteiger partial charge in [0.15, 0.2) is 0 Å². The van der Waals surface area contributed by atoms with Crippen LogP contribution in [0.2, 0.25) is 10.0 Å². The van der Waals surface area contributed by atoms with Crippen molar-refractivity contribution >= 4 is 34.8 Å². The van der Waals surface area contributed by atoms with E-state index in [-0.39, 0.29) is 32.4 Å². The number of carbonyl (C=O) groups is 1. The molecule has 0 spiro atoms. The Balaban J connectivity index is 1.83. The van der Waals surface area contributed by atoms with Crippen LogP contribution in [-0.2, 0) is 10.4 Å². The van der Waals surface area contributed by atoms with Crippen molar-refractivity contribution in [3.05, 3.63) is 69.2 Å². The van der Waals surface area contributed by atoms with E-state index in [1.165, 1.54) is 30.3 Å². The molecule has 12 heteroatoms. The minimum absolute atomic E-state index is 0.0163. The monoisotopic (exact) mass is 484 g/mol. The summed E-state index contributed by atoms with van der Waals surface area (Å²) in [5, 5.41) is 5.23. The van der Waals surface area contributed by atoms with E-state index in [1.807, 2.05) is 0 Å². The predicted octanol–water partition coefficient (Wildman–Crippen LogP) is 5.87. The van der Waals surface area contributed by atoms with Gasteiger partial charge in [-0.05, 0) is 35.9 Å². The summed E-state index contributed by atoms with van der Waals surface area (Å²) in [6.07, 6.45) is -10.1. The molecule has 166 valence electrons. The smallest absolute Gasteiger partial charge is 0.374 e. The third-order valence-corrected chi connectivity index (χ3v) is 4.88. The van der Waals surface area contributed by atoms with Gasteiger partial charge in [-0.15, -0.1) is 0 Å². The van der Waals surface area contributed by atoms with Crippen molar-refractivity contribution in [2.45, 2.75) is 24.4 Å². The van der Waals surface area contributed by atoms with E-state index in [4.69, 9.17) is 28.0 Å². The molecule has 1 atom stereocenters. The number of rotatable bonds is 4. The fraction of sp³-hybridized carbons (Fsp3) is 0.263. The molecule has 0 saturated carbocycles. The molecule has 1 aliphatic rings. The first-order valence-electron chi connectivity index (χ1n) is 8.54. The quantitative estimate of drug-likeness (QED) is 0.552. The van der Waals surface area contributed by atoms with Crippen LogP contribution in [0.5, 0.6) is 0 Å². The van der Waals surface area contributed by atoms with Crippen molar-refractivity contribution in [2.75, 3.05) is 6.54 Å². The van der Waals surface area contributed by atoms with Gasteiger partial charge in [0.1, 0.15) is 6.54 Å². The van der Waals surface area contributed by atoms with Crippen LogP contribution in [0, 0.1) is 0 Å². The van der Waals surface area contributed by atoms with Gasteiger partial charge < -0.3 is 10.2 Å². The van der Waals surface area contributed by atoms with Crippen LogP contribution >= 0.6 is 23.2 Å². The first-order valence-corrected chi connectivity index (χ1v) is 9.30. The van der Waals surface area contributed by atoms with Crippen molar-refractivity contribution < 1.29 is 36.0 Å². The minimum atomic E-state index is -4.87. The van der Waals surface area contributed by atoms with Crippen molar-refractivity contribution in [1.82, 2.24) is 5.32 Å². The third-order valence-electron chi connectivity index (χ3n) is 4.44. The molecule has 0 saturated heterocycles. The second kappa shape index (κ2) is 8.23. The molecule has 1 heterocycles. The largest absolute Gasteiger partial charge is 0.435 e. The molecule has 2 aromatic carbocycles. The van der Waals surface area contributed by atoms with Crippen LogP contribution < -0.4 is 5.32 Å². The van der Waals surface area contributed by atoms with Gasteiger partial charge in [-0.25, -0.2) is 0 Å².